The monoisotopic (exact) mass is 306 g/mol. The van der Waals surface area contributed by atoms with Crippen LogP contribution in [0.15, 0.2) is 53.4 Å². The molecule has 5 nitrogen and oxygen atoms in total. The normalized spacial score (nSPS) is 11.2. The van der Waals surface area contributed by atoms with Gasteiger partial charge in [0, 0.05) is 6.26 Å². The fraction of sp³-hybridized carbons (Fsp3) is 0.143. The van der Waals surface area contributed by atoms with Crippen molar-refractivity contribution in [1.29, 1.82) is 0 Å². The lowest BCUT2D eigenvalue weighted by molar-refractivity contribution is 0.305. The summed E-state index contributed by atoms with van der Waals surface area (Å²) in [5, 5.41) is 18.2. The summed E-state index contributed by atoms with van der Waals surface area (Å²) >= 11 is 0. The zero-order chi connectivity index (χ0) is 15.5. The zero-order valence-electron chi connectivity index (χ0n) is 11.4. The smallest absolute Gasteiger partial charge is 0.488 e. The molecule has 21 heavy (non-hydrogen) atoms. The molecule has 0 saturated carbocycles. The first-order valence-electron chi connectivity index (χ1n) is 6.24. The molecule has 0 aliphatic carbocycles. The number of sulfone groups is 1. The maximum Gasteiger partial charge on any atom is 0.488 e. The minimum absolute atomic E-state index is 0.194. The van der Waals surface area contributed by atoms with Gasteiger partial charge in [-0.25, -0.2) is 8.42 Å². The van der Waals surface area contributed by atoms with Crippen molar-refractivity contribution in [3.8, 4) is 5.75 Å². The summed E-state index contributed by atoms with van der Waals surface area (Å²) in [7, 11) is -4.80. The van der Waals surface area contributed by atoms with Gasteiger partial charge in [-0.15, -0.1) is 0 Å². The van der Waals surface area contributed by atoms with Crippen molar-refractivity contribution in [2.75, 3.05) is 6.26 Å². The van der Waals surface area contributed by atoms with E-state index in [1.165, 1.54) is 12.1 Å². The Labute approximate surface area is 123 Å². The zero-order valence-corrected chi connectivity index (χ0v) is 12.2. The van der Waals surface area contributed by atoms with Crippen LogP contribution in [-0.4, -0.2) is 31.8 Å². The van der Waals surface area contributed by atoms with Gasteiger partial charge in [0.25, 0.3) is 0 Å². The highest BCUT2D eigenvalue weighted by Gasteiger charge is 2.11. The molecule has 0 saturated heterocycles. The average Bonchev–Trinajstić information content (AvgIpc) is 2.45. The molecule has 0 spiro atoms. The van der Waals surface area contributed by atoms with Crippen molar-refractivity contribution in [2.24, 2.45) is 0 Å². The van der Waals surface area contributed by atoms with Gasteiger partial charge in [-0.3, -0.25) is 0 Å². The Hall–Kier alpha value is -1.83. The predicted octanol–water partition coefficient (Wildman–Crippen LogP) is 0.349. The van der Waals surface area contributed by atoms with E-state index in [-0.39, 0.29) is 11.5 Å². The lowest BCUT2D eigenvalue weighted by atomic mass is 9.80. The van der Waals surface area contributed by atoms with Crippen LogP contribution in [-0.2, 0) is 16.4 Å². The summed E-state index contributed by atoms with van der Waals surface area (Å²) in [6, 6.07) is 12.9. The van der Waals surface area contributed by atoms with E-state index in [4.69, 9.17) is 14.8 Å². The molecule has 0 aliphatic heterocycles. The number of hydrogen-bond donors (Lipinski definition) is 2. The van der Waals surface area contributed by atoms with E-state index in [2.05, 4.69) is 0 Å². The molecule has 0 radical (unpaired) electrons. The Morgan fingerprint density at radius 3 is 2.48 bits per heavy atom. The number of rotatable bonds is 5. The Kier molecular flexibility index (Phi) is 4.67. The summed E-state index contributed by atoms with van der Waals surface area (Å²) < 4.78 is 28.5. The van der Waals surface area contributed by atoms with E-state index >= 15 is 0 Å². The van der Waals surface area contributed by atoms with E-state index in [9.17, 15) is 8.42 Å². The third-order valence-electron chi connectivity index (χ3n) is 2.89. The van der Waals surface area contributed by atoms with Crippen molar-refractivity contribution in [3.63, 3.8) is 0 Å². The highest BCUT2D eigenvalue weighted by molar-refractivity contribution is 7.90. The summed E-state index contributed by atoms with van der Waals surface area (Å²) in [6.07, 6.45) is 1.14. The standard InChI is InChI=1S/C14H15BO5S/c1-21(18,19)14-7-3-6-13(9-14)20-10-11-4-2-5-12(8-11)15(16)17/h2-9,16-17H,10H2,1H3. The Morgan fingerprint density at radius 2 is 1.81 bits per heavy atom. The second-order valence-corrected chi connectivity index (χ2v) is 6.67. The highest BCUT2D eigenvalue weighted by atomic mass is 32.2. The molecule has 0 fully saturated rings. The van der Waals surface area contributed by atoms with Crippen molar-refractivity contribution >= 4 is 22.4 Å². The van der Waals surface area contributed by atoms with Gasteiger partial charge in [-0.2, -0.15) is 0 Å². The number of ether oxygens (including phenoxy) is 1. The molecular weight excluding hydrogens is 291 g/mol. The molecule has 0 bridgehead atoms. The Balaban J connectivity index is 2.12. The lowest BCUT2D eigenvalue weighted by Gasteiger charge is -2.09. The van der Waals surface area contributed by atoms with Gasteiger partial charge in [-0.1, -0.05) is 30.3 Å². The van der Waals surface area contributed by atoms with Gasteiger partial charge in [-0.05, 0) is 29.2 Å². The Morgan fingerprint density at radius 1 is 1.10 bits per heavy atom. The summed E-state index contributed by atoms with van der Waals surface area (Å²) in [5.74, 6) is 0.438. The molecule has 0 aromatic heterocycles. The fourth-order valence-corrected chi connectivity index (χ4v) is 2.46. The maximum absolute atomic E-state index is 11.5. The third-order valence-corrected chi connectivity index (χ3v) is 4.00. The fourth-order valence-electron chi connectivity index (χ4n) is 1.80. The highest BCUT2D eigenvalue weighted by Crippen LogP contribution is 2.18. The van der Waals surface area contributed by atoms with Crippen LogP contribution < -0.4 is 10.2 Å². The maximum atomic E-state index is 11.5. The van der Waals surface area contributed by atoms with Gasteiger partial charge in [0.2, 0.25) is 0 Å². The van der Waals surface area contributed by atoms with E-state index in [1.54, 1.807) is 36.4 Å². The van der Waals surface area contributed by atoms with Crippen LogP contribution in [0.5, 0.6) is 5.75 Å². The molecule has 2 aromatic carbocycles. The Bertz CT molecular complexity index is 728. The van der Waals surface area contributed by atoms with Gasteiger partial charge in [0.1, 0.15) is 12.4 Å². The van der Waals surface area contributed by atoms with Crippen LogP contribution >= 0.6 is 0 Å². The van der Waals surface area contributed by atoms with Crippen LogP contribution in [0.1, 0.15) is 5.56 Å². The molecule has 2 aromatic rings. The summed E-state index contributed by atoms with van der Waals surface area (Å²) in [4.78, 5) is 0.194. The number of benzene rings is 2. The van der Waals surface area contributed by atoms with Crippen molar-refractivity contribution in [2.45, 2.75) is 11.5 Å². The first-order valence-corrected chi connectivity index (χ1v) is 8.13. The summed E-state index contributed by atoms with van der Waals surface area (Å²) in [6.45, 7) is 0.202. The first-order chi connectivity index (χ1) is 9.86. The third kappa shape index (κ3) is 4.32. The largest absolute Gasteiger partial charge is 0.489 e. The molecular formula is C14H15BO5S. The number of hydrogen-bond acceptors (Lipinski definition) is 5. The molecule has 2 rings (SSSR count). The van der Waals surface area contributed by atoms with Crippen molar-refractivity contribution in [3.05, 3.63) is 54.1 Å². The molecule has 0 amide bonds. The second-order valence-electron chi connectivity index (χ2n) is 4.65. The minimum atomic E-state index is -3.27. The second kappa shape index (κ2) is 6.30. The molecule has 0 heterocycles. The SMILES string of the molecule is CS(=O)(=O)c1cccc(OCc2cccc(B(O)O)c2)c1. The lowest BCUT2D eigenvalue weighted by Crippen LogP contribution is -2.29. The van der Waals surface area contributed by atoms with E-state index in [0.717, 1.165) is 11.8 Å². The average molecular weight is 306 g/mol. The molecule has 7 heteroatoms. The van der Waals surface area contributed by atoms with Crippen molar-refractivity contribution in [1.82, 2.24) is 0 Å². The first kappa shape index (κ1) is 15.6. The van der Waals surface area contributed by atoms with E-state index < -0.39 is 17.0 Å². The van der Waals surface area contributed by atoms with E-state index in [0.29, 0.717) is 11.2 Å². The van der Waals surface area contributed by atoms with Crippen LogP contribution in [0.25, 0.3) is 0 Å². The minimum Gasteiger partial charge on any atom is -0.489 e. The van der Waals surface area contributed by atoms with Crippen LogP contribution in [0.2, 0.25) is 0 Å². The quantitative estimate of drug-likeness (QED) is 0.779. The molecule has 0 aliphatic rings. The van der Waals surface area contributed by atoms with Crippen LogP contribution in [0.4, 0.5) is 0 Å². The predicted molar refractivity (Wildman–Crippen MR) is 80.2 cm³/mol. The van der Waals surface area contributed by atoms with Crippen LogP contribution in [0.3, 0.4) is 0 Å². The van der Waals surface area contributed by atoms with Crippen molar-refractivity contribution < 1.29 is 23.2 Å². The summed E-state index contributed by atoms with van der Waals surface area (Å²) in [5.41, 5.74) is 1.13. The molecule has 0 atom stereocenters. The van der Waals surface area contributed by atoms with Gasteiger partial charge in [0.15, 0.2) is 9.84 Å². The van der Waals surface area contributed by atoms with Crippen LogP contribution in [0, 0.1) is 0 Å². The van der Waals surface area contributed by atoms with Gasteiger partial charge >= 0.3 is 7.12 Å². The van der Waals surface area contributed by atoms with E-state index in [1.807, 2.05) is 0 Å². The molecule has 110 valence electrons. The topological polar surface area (TPSA) is 83.8 Å². The molecule has 2 N–H and O–H groups in total. The van der Waals surface area contributed by atoms with Gasteiger partial charge < -0.3 is 14.8 Å². The van der Waals surface area contributed by atoms with Gasteiger partial charge in [0.05, 0.1) is 4.90 Å². The molecule has 0 unspecified atom stereocenters.